The number of rotatable bonds is 5. The smallest absolute Gasteiger partial charge is 0.253 e. The molecule has 1 aromatic rings. The quantitative estimate of drug-likeness (QED) is 0.669. The van der Waals surface area contributed by atoms with Gasteiger partial charge in [-0.05, 0) is 25.1 Å². The van der Waals surface area contributed by atoms with Crippen LogP contribution in [0.1, 0.15) is 17.3 Å². The molecule has 0 aliphatic heterocycles. The number of nitrogens with two attached hydrogens (primary N) is 1. The maximum Gasteiger partial charge on any atom is 0.253 e. The van der Waals surface area contributed by atoms with E-state index in [1.54, 1.807) is 30.1 Å². The fourth-order valence-corrected chi connectivity index (χ4v) is 1.91. The molecular formula is C12H17BrN2O2. The normalized spacial score (nSPS) is 10.3. The van der Waals surface area contributed by atoms with Crippen molar-refractivity contribution in [3.05, 3.63) is 28.2 Å². The van der Waals surface area contributed by atoms with E-state index in [4.69, 9.17) is 10.5 Å². The van der Waals surface area contributed by atoms with Gasteiger partial charge in [-0.15, -0.1) is 0 Å². The average Bonchev–Trinajstić information content (AvgIpc) is 2.27. The van der Waals surface area contributed by atoms with Gasteiger partial charge >= 0.3 is 0 Å². The van der Waals surface area contributed by atoms with Gasteiger partial charge in [0.2, 0.25) is 0 Å². The zero-order chi connectivity index (χ0) is 12.8. The van der Waals surface area contributed by atoms with E-state index in [1.165, 1.54) is 0 Å². The lowest BCUT2D eigenvalue weighted by atomic mass is 10.2. The van der Waals surface area contributed by atoms with Gasteiger partial charge in [-0.25, -0.2) is 0 Å². The zero-order valence-electron chi connectivity index (χ0n) is 10.1. The molecule has 0 spiro atoms. The second kappa shape index (κ2) is 6.61. The molecule has 0 aliphatic rings. The van der Waals surface area contributed by atoms with Crippen LogP contribution in [-0.4, -0.2) is 37.6 Å². The Morgan fingerprint density at radius 2 is 2.18 bits per heavy atom. The largest absolute Gasteiger partial charge is 0.399 e. The Kier molecular flexibility index (Phi) is 5.44. The van der Waals surface area contributed by atoms with Crippen LogP contribution in [-0.2, 0) is 4.74 Å². The van der Waals surface area contributed by atoms with E-state index in [1.807, 2.05) is 6.92 Å². The first-order valence-electron chi connectivity index (χ1n) is 5.44. The number of hydrogen-bond donors (Lipinski definition) is 1. The minimum atomic E-state index is -0.0577. The molecule has 1 amide bonds. The topological polar surface area (TPSA) is 55.6 Å². The molecule has 1 rings (SSSR count). The number of halogens is 1. The second-order valence-corrected chi connectivity index (χ2v) is 4.61. The standard InChI is InChI=1S/C12H17BrN2O2/c1-3-17-5-4-15(2)12(16)9-6-10(13)8-11(14)7-9/h6-8H,3-5,14H2,1-2H3. The van der Waals surface area contributed by atoms with Crippen molar-refractivity contribution in [1.29, 1.82) is 0 Å². The van der Waals surface area contributed by atoms with Crippen molar-refractivity contribution in [2.24, 2.45) is 0 Å². The molecule has 0 bridgehead atoms. The third-order valence-corrected chi connectivity index (χ3v) is 2.75. The van der Waals surface area contributed by atoms with Crippen molar-refractivity contribution in [2.45, 2.75) is 6.92 Å². The Morgan fingerprint density at radius 1 is 1.47 bits per heavy atom. The first kappa shape index (κ1) is 14.0. The number of nitrogens with zero attached hydrogens (tertiary/aromatic N) is 1. The Labute approximate surface area is 110 Å². The van der Waals surface area contributed by atoms with E-state index in [-0.39, 0.29) is 5.91 Å². The molecule has 0 fully saturated rings. The Morgan fingerprint density at radius 3 is 2.76 bits per heavy atom. The molecule has 0 aromatic heterocycles. The number of carbonyl (C=O) groups is 1. The number of ether oxygens (including phenoxy) is 1. The van der Waals surface area contributed by atoms with Gasteiger partial charge in [-0.3, -0.25) is 4.79 Å². The molecular weight excluding hydrogens is 284 g/mol. The van der Waals surface area contributed by atoms with Crippen LogP contribution in [0, 0.1) is 0 Å². The van der Waals surface area contributed by atoms with Crippen molar-refractivity contribution in [3.8, 4) is 0 Å². The predicted molar refractivity (Wildman–Crippen MR) is 72.0 cm³/mol. The summed E-state index contributed by atoms with van der Waals surface area (Å²) in [6, 6.07) is 5.19. The molecule has 4 nitrogen and oxygen atoms in total. The predicted octanol–water partition coefficient (Wildman–Crippen LogP) is 2.14. The highest BCUT2D eigenvalue weighted by Gasteiger charge is 2.12. The minimum absolute atomic E-state index is 0.0577. The lowest BCUT2D eigenvalue weighted by molar-refractivity contribution is 0.0710. The number of benzene rings is 1. The number of amides is 1. The average molecular weight is 301 g/mol. The highest BCUT2D eigenvalue weighted by atomic mass is 79.9. The first-order chi connectivity index (χ1) is 8.04. The van der Waals surface area contributed by atoms with Gasteiger partial charge in [0, 0.05) is 35.9 Å². The number of hydrogen-bond acceptors (Lipinski definition) is 3. The van der Waals surface area contributed by atoms with E-state index in [0.29, 0.717) is 31.0 Å². The van der Waals surface area contributed by atoms with E-state index < -0.39 is 0 Å². The highest BCUT2D eigenvalue weighted by molar-refractivity contribution is 9.10. The molecule has 0 saturated carbocycles. The van der Waals surface area contributed by atoms with Gasteiger partial charge in [0.1, 0.15) is 0 Å². The van der Waals surface area contributed by atoms with Crippen LogP contribution >= 0.6 is 15.9 Å². The molecule has 0 unspecified atom stereocenters. The molecule has 0 heterocycles. The van der Waals surface area contributed by atoms with E-state index in [2.05, 4.69) is 15.9 Å². The molecule has 1 aromatic carbocycles. The molecule has 5 heteroatoms. The Hall–Kier alpha value is -1.07. The van der Waals surface area contributed by atoms with E-state index in [0.717, 1.165) is 4.47 Å². The molecule has 0 saturated heterocycles. The van der Waals surface area contributed by atoms with Crippen LogP contribution in [0.2, 0.25) is 0 Å². The molecule has 94 valence electrons. The Bertz CT molecular complexity index is 376. The SMILES string of the molecule is CCOCCN(C)C(=O)c1cc(N)cc(Br)c1. The van der Waals surface area contributed by atoms with E-state index in [9.17, 15) is 4.79 Å². The number of anilines is 1. The van der Waals surface area contributed by atoms with Crippen LogP contribution in [0.4, 0.5) is 5.69 Å². The van der Waals surface area contributed by atoms with Crippen LogP contribution in [0.5, 0.6) is 0 Å². The van der Waals surface area contributed by atoms with Crippen LogP contribution < -0.4 is 5.73 Å². The van der Waals surface area contributed by atoms with Crippen LogP contribution in [0.3, 0.4) is 0 Å². The summed E-state index contributed by atoms with van der Waals surface area (Å²) in [5.74, 6) is -0.0577. The van der Waals surface area contributed by atoms with Gasteiger partial charge < -0.3 is 15.4 Å². The molecule has 0 aliphatic carbocycles. The summed E-state index contributed by atoms with van der Waals surface area (Å²) >= 11 is 3.32. The summed E-state index contributed by atoms with van der Waals surface area (Å²) < 4.78 is 6.01. The van der Waals surface area contributed by atoms with Crippen molar-refractivity contribution in [3.63, 3.8) is 0 Å². The summed E-state index contributed by atoms with van der Waals surface area (Å²) in [6.07, 6.45) is 0. The molecule has 0 atom stereocenters. The fourth-order valence-electron chi connectivity index (χ4n) is 1.40. The molecule has 0 radical (unpaired) electrons. The van der Waals surface area contributed by atoms with Gasteiger partial charge in [-0.1, -0.05) is 15.9 Å². The molecule has 17 heavy (non-hydrogen) atoms. The zero-order valence-corrected chi connectivity index (χ0v) is 11.7. The number of carbonyl (C=O) groups excluding carboxylic acids is 1. The third kappa shape index (κ3) is 4.36. The summed E-state index contributed by atoms with van der Waals surface area (Å²) in [5.41, 5.74) is 6.84. The van der Waals surface area contributed by atoms with Crippen molar-refractivity contribution < 1.29 is 9.53 Å². The van der Waals surface area contributed by atoms with Gasteiger partial charge in [-0.2, -0.15) is 0 Å². The maximum absolute atomic E-state index is 12.0. The first-order valence-corrected chi connectivity index (χ1v) is 6.23. The van der Waals surface area contributed by atoms with Crippen molar-refractivity contribution >= 4 is 27.5 Å². The lowest BCUT2D eigenvalue weighted by Crippen LogP contribution is -2.30. The highest BCUT2D eigenvalue weighted by Crippen LogP contribution is 2.18. The van der Waals surface area contributed by atoms with E-state index >= 15 is 0 Å². The van der Waals surface area contributed by atoms with Crippen LogP contribution in [0.25, 0.3) is 0 Å². The summed E-state index contributed by atoms with van der Waals surface area (Å²) in [5, 5.41) is 0. The second-order valence-electron chi connectivity index (χ2n) is 3.70. The maximum atomic E-state index is 12.0. The van der Waals surface area contributed by atoms with Gasteiger partial charge in [0.15, 0.2) is 0 Å². The Balaban J connectivity index is 2.68. The third-order valence-electron chi connectivity index (χ3n) is 2.29. The minimum Gasteiger partial charge on any atom is -0.399 e. The number of likely N-dealkylation sites (N-methyl/N-ethyl adjacent to an activating group) is 1. The lowest BCUT2D eigenvalue weighted by Gasteiger charge is -2.17. The fraction of sp³-hybridized carbons (Fsp3) is 0.417. The summed E-state index contributed by atoms with van der Waals surface area (Å²) in [7, 11) is 1.75. The van der Waals surface area contributed by atoms with Crippen LogP contribution in [0.15, 0.2) is 22.7 Å². The van der Waals surface area contributed by atoms with Gasteiger partial charge in [0.25, 0.3) is 5.91 Å². The number of nitrogen functional groups attached to an aromatic ring is 1. The van der Waals surface area contributed by atoms with Gasteiger partial charge in [0.05, 0.1) is 6.61 Å². The molecule has 2 N–H and O–H groups in total. The summed E-state index contributed by atoms with van der Waals surface area (Å²) in [4.78, 5) is 13.7. The van der Waals surface area contributed by atoms with Crippen molar-refractivity contribution in [2.75, 3.05) is 32.5 Å². The van der Waals surface area contributed by atoms with Crippen molar-refractivity contribution in [1.82, 2.24) is 4.90 Å². The monoisotopic (exact) mass is 300 g/mol. The summed E-state index contributed by atoms with van der Waals surface area (Å²) in [6.45, 7) is 3.70.